The highest BCUT2D eigenvalue weighted by Gasteiger charge is 2.29. The number of pyridine rings is 2. The molecule has 0 atom stereocenters. The van der Waals surface area contributed by atoms with Crippen molar-refractivity contribution < 1.29 is 8.78 Å². The minimum atomic E-state index is -3.09. The molecule has 0 bridgehead atoms. The summed E-state index contributed by atoms with van der Waals surface area (Å²) in [5, 5.41) is 0.413. The zero-order valence-electron chi connectivity index (χ0n) is 9.49. The zero-order valence-corrected chi connectivity index (χ0v) is 10.2. The van der Waals surface area contributed by atoms with E-state index in [2.05, 4.69) is 9.97 Å². The average Bonchev–Trinajstić information content (AvgIpc) is 2.28. The lowest BCUT2D eigenvalue weighted by Gasteiger charge is -2.13. The Labute approximate surface area is 108 Å². The fourth-order valence-corrected chi connectivity index (χ4v) is 1.71. The van der Waals surface area contributed by atoms with Crippen molar-refractivity contribution >= 4 is 17.3 Å². The summed E-state index contributed by atoms with van der Waals surface area (Å²) in [7, 11) is 0. The average molecular weight is 270 g/mol. The normalized spacial score (nSPS) is 11.6. The Morgan fingerprint density at radius 1 is 1.28 bits per heavy atom. The minimum absolute atomic E-state index is 0.0405. The Kier molecular flexibility index (Phi) is 3.17. The molecule has 0 aromatic carbocycles. The van der Waals surface area contributed by atoms with Crippen molar-refractivity contribution in [3.63, 3.8) is 0 Å². The van der Waals surface area contributed by atoms with Gasteiger partial charge < -0.3 is 5.73 Å². The van der Waals surface area contributed by atoms with E-state index in [-0.39, 0.29) is 5.69 Å². The maximum Gasteiger partial charge on any atom is 0.289 e. The van der Waals surface area contributed by atoms with Gasteiger partial charge in [0.2, 0.25) is 0 Å². The first-order valence-electron chi connectivity index (χ1n) is 5.13. The number of hydrogen-bond acceptors (Lipinski definition) is 3. The fraction of sp³-hybridized carbons (Fsp3) is 0.167. The first-order valence-corrected chi connectivity index (χ1v) is 5.51. The van der Waals surface area contributed by atoms with Crippen LogP contribution < -0.4 is 5.73 Å². The molecule has 0 aliphatic heterocycles. The van der Waals surface area contributed by atoms with Crippen LogP contribution in [0.25, 0.3) is 11.3 Å². The number of nitrogen functional groups attached to an aromatic ring is 1. The van der Waals surface area contributed by atoms with E-state index in [0.717, 1.165) is 6.92 Å². The number of rotatable bonds is 2. The van der Waals surface area contributed by atoms with E-state index in [4.69, 9.17) is 17.3 Å². The van der Waals surface area contributed by atoms with Crippen LogP contribution in [-0.4, -0.2) is 9.97 Å². The lowest BCUT2D eigenvalue weighted by Crippen LogP contribution is -2.13. The number of nitrogens with zero attached hydrogens (tertiary/aromatic N) is 2. The van der Waals surface area contributed by atoms with Crippen molar-refractivity contribution in [2.45, 2.75) is 12.8 Å². The molecule has 94 valence electrons. The number of hydrogen-bond donors (Lipinski definition) is 1. The Hall–Kier alpha value is -1.75. The number of aromatic nitrogens is 2. The fourth-order valence-electron chi connectivity index (χ4n) is 1.53. The molecule has 0 aliphatic carbocycles. The molecule has 2 heterocycles. The van der Waals surface area contributed by atoms with Crippen LogP contribution in [0.15, 0.2) is 30.6 Å². The third kappa shape index (κ3) is 2.56. The van der Waals surface area contributed by atoms with Gasteiger partial charge in [-0.1, -0.05) is 11.6 Å². The van der Waals surface area contributed by atoms with Crippen molar-refractivity contribution in [1.82, 2.24) is 9.97 Å². The monoisotopic (exact) mass is 269 g/mol. The Morgan fingerprint density at radius 2 is 2.00 bits per heavy atom. The van der Waals surface area contributed by atoms with Gasteiger partial charge in [-0.15, -0.1) is 0 Å². The molecule has 0 saturated heterocycles. The van der Waals surface area contributed by atoms with Gasteiger partial charge in [-0.05, 0) is 18.2 Å². The highest BCUT2D eigenvalue weighted by atomic mass is 35.5. The van der Waals surface area contributed by atoms with Crippen molar-refractivity contribution in [1.29, 1.82) is 0 Å². The Balaban J connectivity index is 2.54. The molecule has 0 radical (unpaired) electrons. The molecule has 0 saturated carbocycles. The van der Waals surface area contributed by atoms with Crippen LogP contribution in [0.1, 0.15) is 12.6 Å². The van der Waals surface area contributed by atoms with E-state index in [9.17, 15) is 8.78 Å². The molecule has 2 N–H and O–H groups in total. The van der Waals surface area contributed by atoms with Gasteiger partial charge in [0, 0.05) is 24.9 Å². The molecular weight excluding hydrogens is 260 g/mol. The van der Waals surface area contributed by atoms with Crippen LogP contribution >= 0.6 is 11.6 Å². The van der Waals surface area contributed by atoms with E-state index in [1.54, 1.807) is 12.1 Å². The second kappa shape index (κ2) is 4.49. The van der Waals surface area contributed by atoms with Gasteiger partial charge in [0.05, 0.1) is 16.4 Å². The van der Waals surface area contributed by atoms with Crippen molar-refractivity contribution in [3.8, 4) is 11.3 Å². The van der Waals surface area contributed by atoms with Crippen molar-refractivity contribution in [2.24, 2.45) is 0 Å². The molecule has 2 aromatic rings. The molecular formula is C12H10ClF2N3. The SMILES string of the molecule is CC(F)(F)c1nc(-c2cncc(Cl)c2)ccc1N. The number of alkyl halides is 2. The first kappa shape index (κ1) is 12.7. The summed E-state index contributed by atoms with van der Waals surface area (Å²) in [5.41, 5.74) is 5.93. The maximum atomic E-state index is 13.3. The quantitative estimate of drug-likeness (QED) is 0.908. The Morgan fingerprint density at radius 3 is 2.61 bits per heavy atom. The van der Waals surface area contributed by atoms with Crippen molar-refractivity contribution in [3.05, 3.63) is 41.3 Å². The van der Waals surface area contributed by atoms with Crippen LogP contribution in [0, 0.1) is 0 Å². The molecule has 2 rings (SSSR count). The van der Waals surface area contributed by atoms with E-state index in [0.29, 0.717) is 16.3 Å². The summed E-state index contributed by atoms with van der Waals surface area (Å²) in [6, 6.07) is 4.55. The van der Waals surface area contributed by atoms with E-state index < -0.39 is 11.6 Å². The van der Waals surface area contributed by atoms with Gasteiger partial charge in [0.1, 0.15) is 5.69 Å². The molecule has 0 unspecified atom stereocenters. The van der Waals surface area contributed by atoms with E-state index >= 15 is 0 Å². The van der Waals surface area contributed by atoms with Gasteiger partial charge >= 0.3 is 0 Å². The van der Waals surface area contributed by atoms with Crippen molar-refractivity contribution in [2.75, 3.05) is 5.73 Å². The molecule has 0 fully saturated rings. The Bertz CT molecular complexity index is 582. The third-order valence-electron chi connectivity index (χ3n) is 2.34. The summed E-state index contributed by atoms with van der Waals surface area (Å²) in [5.74, 6) is -3.09. The summed E-state index contributed by atoms with van der Waals surface area (Å²) in [6.45, 7) is 0.756. The highest BCUT2D eigenvalue weighted by molar-refractivity contribution is 6.30. The summed E-state index contributed by atoms with van der Waals surface area (Å²) in [6.07, 6.45) is 2.96. The zero-order chi connectivity index (χ0) is 13.3. The highest BCUT2D eigenvalue weighted by Crippen LogP contribution is 2.32. The molecule has 0 spiro atoms. The molecule has 0 aliphatic rings. The minimum Gasteiger partial charge on any atom is -0.397 e. The molecule has 0 amide bonds. The van der Waals surface area contributed by atoms with E-state index in [1.165, 1.54) is 18.5 Å². The van der Waals surface area contributed by atoms with Crippen LogP contribution in [-0.2, 0) is 5.92 Å². The molecule has 2 aromatic heterocycles. The second-order valence-corrected chi connectivity index (χ2v) is 4.35. The van der Waals surface area contributed by atoms with Gasteiger partial charge in [-0.25, -0.2) is 4.98 Å². The molecule has 6 heteroatoms. The number of nitrogens with two attached hydrogens (primary N) is 1. The molecule has 18 heavy (non-hydrogen) atoms. The lowest BCUT2D eigenvalue weighted by molar-refractivity contribution is 0.0138. The summed E-state index contributed by atoms with van der Waals surface area (Å²) >= 11 is 5.79. The third-order valence-corrected chi connectivity index (χ3v) is 2.55. The smallest absolute Gasteiger partial charge is 0.289 e. The van der Waals surface area contributed by atoms with Crippen LogP contribution in [0.2, 0.25) is 5.02 Å². The first-order chi connectivity index (χ1) is 8.38. The maximum absolute atomic E-state index is 13.3. The second-order valence-electron chi connectivity index (χ2n) is 3.91. The summed E-state index contributed by atoms with van der Waals surface area (Å²) in [4.78, 5) is 7.77. The predicted molar refractivity (Wildman–Crippen MR) is 66.5 cm³/mol. The van der Waals surface area contributed by atoms with E-state index in [1.807, 2.05) is 0 Å². The van der Waals surface area contributed by atoms with Gasteiger partial charge in [-0.3, -0.25) is 4.98 Å². The van der Waals surface area contributed by atoms with Gasteiger partial charge in [0.15, 0.2) is 0 Å². The lowest BCUT2D eigenvalue weighted by atomic mass is 10.1. The largest absolute Gasteiger partial charge is 0.397 e. The van der Waals surface area contributed by atoms with Crippen LogP contribution in [0.4, 0.5) is 14.5 Å². The summed E-state index contributed by atoms with van der Waals surface area (Å²) < 4.78 is 26.6. The molecule has 3 nitrogen and oxygen atoms in total. The topological polar surface area (TPSA) is 51.8 Å². The van der Waals surface area contributed by atoms with Gasteiger partial charge in [-0.2, -0.15) is 8.78 Å². The number of halogens is 3. The standard InChI is InChI=1S/C12H10ClF2N3/c1-12(14,15)11-9(16)2-3-10(18-11)7-4-8(13)6-17-5-7/h2-6H,16H2,1H3. The number of anilines is 1. The van der Waals surface area contributed by atoms with Crippen LogP contribution in [0.5, 0.6) is 0 Å². The van der Waals surface area contributed by atoms with Crippen LogP contribution in [0.3, 0.4) is 0 Å². The predicted octanol–water partition coefficient (Wildman–Crippen LogP) is 3.49. The van der Waals surface area contributed by atoms with Gasteiger partial charge in [0.25, 0.3) is 5.92 Å².